The Balaban J connectivity index is 1.92. The number of rotatable bonds is 6. The number of halogens is 2. The second kappa shape index (κ2) is 9.22. The van der Waals surface area contributed by atoms with Gasteiger partial charge >= 0.3 is 6.09 Å². The van der Waals surface area contributed by atoms with Gasteiger partial charge in [-0.1, -0.05) is 29.8 Å². The lowest BCUT2D eigenvalue weighted by atomic mass is 10.0. The minimum absolute atomic E-state index is 0.0634. The quantitative estimate of drug-likeness (QED) is 0.425. The molecule has 8 nitrogen and oxygen atoms in total. The van der Waals surface area contributed by atoms with E-state index in [-0.39, 0.29) is 11.8 Å². The molecule has 3 rings (SSSR count). The van der Waals surface area contributed by atoms with Crippen molar-refractivity contribution in [2.24, 2.45) is 0 Å². The van der Waals surface area contributed by atoms with Crippen molar-refractivity contribution in [3.05, 3.63) is 69.9 Å². The second-order valence-electron chi connectivity index (χ2n) is 5.92. The molecule has 2 aromatic heterocycles. The standard InChI is InChI=1S/C19H16Cl2N6O2/c20-16-10-24-18(21)27-17(16)26-15-4-3-13(8-25-19(28)29)12(6-15)2-1-11-5-14(22)9-23-7-11/h1-7,9-10,25H,8,22H2,(H,28,29)(H,24,26,27)/b2-1+. The lowest BCUT2D eigenvalue weighted by molar-refractivity contribution is 0.194. The van der Waals surface area contributed by atoms with E-state index >= 15 is 0 Å². The number of nitrogens with zero attached hydrogens (tertiary/aromatic N) is 3. The molecule has 0 aliphatic rings. The molecule has 2 heterocycles. The zero-order chi connectivity index (χ0) is 20.8. The molecule has 5 N–H and O–H groups in total. The number of nitrogens with one attached hydrogen (secondary N) is 2. The number of hydrogen-bond acceptors (Lipinski definition) is 6. The molecule has 0 unspecified atom stereocenters. The van der Waals surface area contributed by atoms with Crippen LogP contribution in [0.4, 0.5) is 22.0 Å². The third-order valence-corrected chi connectivity index (χ3v) is 4.25. The first-order valence-corrected chi connectivity index (χ1v) is 9.09. The first kappa shape index (κ1) is 20.4. The lowest BCUT2D eigenvalue weighted by Gasteiger charge is -2.12. The summed E-state index contributed by atoms with van der Waals surface area (Å²) in [5, 5.41) is 14.7. The van der Waals surface area contributed by atoms with E-state index in [0.29, 0.717) is 22.2 Å². The number of benzene rings is 1. The van der Waals surface area contributed by atoms with Crippen LogP contribution < -0.4 is 16.4 Å². The number of pyridine rings is 1. The highest BCUT2D eigenvalue weighted by molar-refractivity contribution is 6.33. The Morgan fingerprint density at radius 3 is 2.76 bits per heavy atom. The summed E-state index contributed by atoms with van der Waals surface area (Å²) in [5.74, 6) is 0.359. The van der Waals surface area contributed by atoms with E-state index in [0.717, 1.165) is 16.7 Å². The van der Waals surface area contributed by atoms with Crippen molar-refractivity contribution in [2.75, 3.05) is 11.1 Å². The molecule has 0 radical (unpaired) electrons. The van der Waals surface area contributed by atoms with Gasteiger partial charge in [0.05, 0.1) is 11.9 Å². The van der Waals surface area contributed by atoms with E-state index in [1.807, 2.05) is 18.2 Å². The van der Waals surface area contributed by atoms with Gasteiger partial charge in [0.1, 0.15) is 5.02 Å². The average molecular weight is 431 g/mol. The van der Waals surface area contributed by atoms with Crippen molar-refractivity contribution in [1.29, 1.82) is 0 Å². The minimum Gasteiger partial charge on any atom is -0.465 e. The average Bonchev–Trinajstić information content (AvgIpc) is 2.68. The maximum atomic E-state index is 10.9. The number of anilines is 3. The Labute approximate surface area is 176 Å². The van der Waals surface area contributed by atoms with Gasteiger partial charge in [0, 0.05) is 24.6 Å². The maximum Gasteiger partial charge on any atom is 0.404 e. The van der Waals surface area contributed by atoms with Crippen LogP contribution in [0.5, 0.6) is 0 Å². The van der Waals surface area contributed by atoms with Gasteiger partial charge < -0.3 is 21.5 Å². The van der Waals surface area contributed by atoms with Gasteiger partial charge in [0.15, 0.2) is 5.82 Å². The number of nitrogens with two attached hydrogens (primary N) is 1. The van der Waals surface area contributed by atoms with Gasteiger partial charge in [0.25, 0.3) is 0 Å². The normalized spacial score (nSPS) is 10.8. The van der Waals surface area contributed by atoms with Gasteiger partial charge in [-0.25, -0.2) is 9.78 Å². The van der Waals surface area contributed by atoms with Crippen LogP contribution in [0.2, 0.25) is 10.3 Å². The molecular weight excluding hydrogens is 415 g/mol. The number of carboxylic acid groups (broad SMARTS) is 1. The van der Waals surface area contributed by atoms with E-state index in [1.165, 1.54) is 6.20 Å². The Kier molecular flexibility index (Phi) is 6.48. The van der Waals surface area contributed by atoms with Crippen molar-refractivity contribution in [2.45, 2.75) is 6.54 Å². The molecule has 1 amide bonds. The lowest BCUT2D eigenvalue weighted by Crippen LogP contribution is -2.20. The number of aromatic nitrogens is 3. The predicted molar refractivity (Wildman–Crippen MR) is 114 cm³/mol. The largest absolute Gasteiger partial charge is 0.465 e. The number of nitrogen functional groups attached to an aromatic ring is 1. The van der Waals surface area contributed by atoms with Crippen molar-refractivity contribution in [3.8, 4) is 0 Å². The highest BCUT2D eigenvalue weighted by Crippen LogP contribution is 2.26. The molecule has 1 aromatic carbocycles. The van der Waals surface area contributed by atoms with Gasteiger partial charge in [-0.2, -0.15) is 4.98 Å². The summed E-state index contributed by atoms with van der Waals surface area (Å²) < 4.78 is 0. The summed E-state index contributed by atoms with van der Waals surface area (Å²) in [7, 11) is 0. The molecule has 29 heavy (non-hydrogen) atoms. The van der Waals surface area contributed by atoms with Gasteiger partial charge in [0.2, 0.25) is 5.28 Å². The van der Waals surface area contributed by atoms with Gasteiger partial charge in [-0.3, -0.25) is 4.98 Å². The Bertz CT molecular complexity index is 1070. The van der Waals surface area contributed by atoms with Crippen molar-refractivity contribution >= 4 is 58.6 Å². The van der Waals surface area contributed by atoms with Crippen molar-refractivity contribution in [3.63, 3.8) is 0 Å². The SMILES string of the molecule is Nc1cncc(/C=C/c2cc(Nc3nc(Cl)ncc3Cl)ccc2CNC(=O)O)c1. The molecule has 0 bridgehead atoms. The minimum atomic E-state index is -1.11. The van der Waals surface area contributed by atoms with Crippen LogP contribution in [0, 0.1) is 0 Å². The number of hydrogen-bond donors (Lipinski definition) is 4. The van der Waals surface area contributed by atoms with Crippen LogP contribution in [0.25, 0.3) is 12.2 Å². The zero-order valence-corrected chi connectivity index (χ0v) is 16.4. The van der Waals surface area contributed by atoms with E-state index in [1.54, 1.807) is 30.6 Å². The van der Waals surface area contributed by atoms with Crippen molar-refractivity contribution in [1.82, 2.24) is 20.3 Å². The highest BCUT2D eigenvalue weighted by atomic mass is 35.5. The molecule has 0 fully saturated rings. The van der Waals surface area contributed by atoms with Crippen LogP contribution in [0.15, 0.2) is 42.9 Å². The number of amides is 1. The Hall–Kier alpha value is -3.36. The fourth-order valence-electron chi connectivity index (χ4n) is 2.48. The summed E-state index contributed by atoms with van der Waals surface area (Å²) in [6.45, 7) is 0.143. The molecule has 0 atom stereocenters. The van der Waals surface area contributed by atoms with E-state index in [2.05, 4.69) is 25.6 Å². The molecule has 0 aliphatic heterocycles. The first-order valence-electron chi connectivity index (χ1n) is 8.34. The molecule has 10 heteroatoms. The molecular formula is C19H16Cl2N6O2. The molecule has 0 aliphatic carbocycles. The summed E-state index contributed by atoms with van der Waals surface area (Å²) in [4.78, 5) is 22.8. The third kappa shape index (κ3) is 5.81. The molecule has 0 saturated heterocycles. The summed E-state index contributed by atoms with van der Waals surface area (Å²) in [6.07, 6.45) is 7.20. The second-order valence-corrected chi connectivity index (χ2v) is 6.66. The molecule has 148 valence electrons. The van der Waals surface area contributed by atoms with Gasteiger partial charge in [-0.05, 0) is 46.5 Å². The zero-order valence-electron chi connectivity index (χ0n) is 14.9. The van der Waals surface area contributed by atoms with Crippen molar-refractivity contribution < 1.29 is 9.90 Å². The molecule has 0 spiro atoms. The highest BCUT2D eigenvalue weighted by Gasteiger charge is 2.08. The smallest absolute Gasteiger partial charge is 0.404 e. The van der Waals surface area contributed by atoms with Crippen LogP contribution >= 0.6 is 23.2 Å². The van der Waals surface area contributed by atoms with Crippen LogP contribution in [-0.4, -0.2) is 26.2 Å². The fraction of sp³-hybridized carbons (Fsp3) is 0.0526. The van der Waals surface area contributed by atoms with Crippen LogP contribution in [0.1, 0.15) is 16.7 Å². The Morgan fingerprint density at radius 1 is 1.17 bits per heavy atom. The van der Waals surface area contributed by atoms with Gasteiger partial charge in [-0.15, -0.1) is 0 Å². The van der Waals surface area contributed by atoms with E-state index < -0.39 is 6.09 Å². The van der Waals surface area contributed by atoms with Crippen LogP contribution in [0.3, 0.4) is 0 Å². The third-order valence-electron chi connectivity index (χ3n) is 3.79. The fourth-order valence-corrected chi connectivity index (χ4v) is 2.75. The van der Waals surface area contributed by atoms with Crippen LogP contribution in [-0.2, 0) is 6.54 Å². The summed E-state index contributed by atoms with van der Waals surface area (Å²) >= 11 is 11.9. The number of carbonyl (C=O) groups is 1. The predicted octanol–water partition coefficient (Wildman–Crippen LogP) is 4.44. The topological polar surface area (TPSA) is 126 Å². The maximum absolute atomic E-state index is 10.9. The Morgan fingerprint density at radius 2 is 2.00 bits per heavy atom. The first-order chi connectivity index (χ1) is 13.9. The summed E-state index contributed by atoms with van der Waals surface area (Å²) in [5.41, 5.74) is 9.36. The summed E-state index contributed by atoms with van der Waals surface area (Å²) in [6, 6.07) is 7.20. The monoisotopic (exact) mass is 430 g/mol. The molecule has 0 saturated carbocycles. The van der Waals surface area contributed by atoms with E-state index in [9.17, 15) is 4.79 Å². The van der Waals surface area contributed by atoms with E-state index in [4.69, 9.17) is 34.0 Å². The molecule has 3 aromatic rings.